The molecule has 1 aromatic carbocycles. The van der Waals surface area contributed by atoms with Crippen molar-refractivity contribution in [2.45, 2.75) is 25.3 Å². The van der Waals surface area contributed by atoms with Crippen molar-refractivity contribution in [3.63, 3.8) is 0 Å². The molecule has 0 amide bonds. The lowest BCUT2D eigenvalue weighted by Gasteiger charge is -2.23. The Morgan fingerprint density at radius 1 is 1.17 bits per heavy atom. The van der Waals surface area contributed by atoms with E-state index in [4.69, 9.17) is 0 Å². The summed E-state index contributed by atoms with van der Waals surface area (Å²) in [6.07, 6.45) is 5.66. The lowest BCUT2D eigenvalue weighted by molar-refractivity contribution is 0.405. The Labute approximate surface area is 115 Å². The zero-order chi connectivity index (χ0) is 12.4. The Bertz CT molecular complexity index is 529. The van der Waals surface area contributed by atoms with E-state index in [9.17, 15) is 0 Å². The Kier molecular flexibility index (Phi) is 3.48. The number of rotatable bonds is 2. The van der Waals surface area contributed by atoms with E-state index in [2.05, 4.69) is 49.6 Å². The van der Waals surface area contributed by atoms with Crippen molar-refractivity contribution in [1.82, 2.24) is 15.5 Å². The van der Waals surface area contributed by atoms with E-state index in [0.717, 1.165) is 11.0 Å². The first-order chi connectivity index (χ1) is 8.86. The highest BCUT2D eigenvalue weighted by Gasteiger charge is 2.20. The minimum atomic E-state index is 0.406. The zero-order valence-electron chi connectivity index (χ0n) is 10.1. The van der Waals surface area contributed by atoms with Crippen molar-refractivity contribution in [3.05, 3.63) is 40.6 Å². The van der Waals surface area contributed by atoms with Crippen LogP contribution in [0, 0.1) is 0 Å². The number of piperidine rings is 1. The molecular formula is C14H16BrN3. The van der Waals surface area contributed by atoms with Crippen molar-refractivity contribution < 1.29 is 0 Å². The molecule has 3 nitrogen and oxygen atoms in total. The standard InChI is InChI=1S/C14H16BrN3/c15-12-6-2-1-5-10(12)11-9-17-18-14(11)13-7-3-4-8-16-13/h1-2,5-6,9,13,16H,3-4,7-8H2,(H,17,18). The van der Waals surface area contributed by atoms with Crippen LogP contribution in [-0.2, 0) is 0 Å². The Morgan fingerprint density at radius 3 is 2.83 bits per heavy atom. The summed E-state index contributed by atoms with van der Waals surface area (Å²) in [5, 5.41) is 11.0. The first-order valence-corrected chi connectivity index (χ1v) is 7.17. The second kappa shape index (κ2) is 5.24. The van der Waals surface area contributed by atoms with E-state index < -0.39 is 0 Å². The van der Waals surface area contributed by atoms with Gasteiger partial charge in [0, 0.05) is 16.1 Å². The van der Waals surface area contributed by atoms with E-state index >= 15 is 0 Å². The summed E-state index contributed by atoms with van der Waals surface area (Å²) in [7, 11) is 0. The second-order valence-electron chi connectivity index (χ2n) is 4.68. The van der Waals surface area contributed by atoms with Gasteiger partial charge in [0.1, 0.15) is 0 Å². The summed E-state index contributed by atoms with van der Waals surface area (Å²) in [6, 6.07) is 8.70. The fourth-order valence-corrected chi connectivity index (χ4v) is 3.05. The molecule has 0 bridgehead atoms. The van der Waals surface area contributed by atoms with Gasteiger partial charge in [-0.1, -0.05) is 40.5 Å². The van der Waals surface area contributed by atoms with E-state index in [1.54, 1.807) is 0 Å². The molecule has 0 radical (unpaired) electrons. The summed E-state index contributed by atoms with van der Waals surface area (Å²) in [5.74, 6) is 0. The molecule has 1 aliphatic rings. The predicted octanol–water partition coefficient (Wildman–Crippen LogP) is 3.65. The molecule has 0 saturated carbocycles. The van der Waals surface area contributed by atoms with Gasteiger partial charge in [-0.3, -0.25) is 5.10 Å². The van der Waals surface area contributed by atoms with Crippen LogP contribution in [0.5, 0.6) is 0 Å². The Hall–Kier alpha value is -1.13. The number of nitrogens with one attached hydrogen (secondary N) is 2. The fourth-order valence-electron chi connectivity index (χ4n) is 2.55. The molecule has 4 heteroatoms. The maximum Gasteiger partial charge on any atom is 0.0600 e. The monoisotopic (exact) mass is 305 g/mol. The SMILES string of the molecule is Brc1ccccc1-c1cn[nH]c1C1CCCCN1. The molecule has 1 saturated heterocycles. The molecular weight excluding hydrogens is 290 g/mol. The molecule has 1 aliphatic heterocycles. The summed E-state index contributed by atoms with van der Waals surface area (Å²) < 4.78 is 1.11. The van der Waals surface area contributed by atoms with Crippen molar-refractivity contribution in [2.75, 3.05) is 6.54 Å². The molecule has 1 unspecified atom stereocenters. The van der Waals surface area contributed by atoms with Crippen LogP contribution in [0.2, 0.25) is 0 Å². The summed E-state index contributed by atoms with van der Waals surface area (Å²) >= 11 is 3.61. The van der Waals surface area contributed by atoms with Gasteiger partial charge < -0.3 is 5.32 Å². The number of halogens is 1. The number of aromatic nitrogens is 2. The maximum atomic E-state index is 4.23. The smallest absolute Gasteiger partial charge is 0.0600 e. The van der Waals surface area contributed by atoms with Crippen molar-refractivity contribution in [2.24, 2.45) is 0 Å². The second-order valence-corrected chi connectivity index (χ2v) is 5.53. The lowest BCUT2D eigenvalue weighted by atomic mass is 9.96. The molecule has 3 rings (SSSR count). The average molecular weight is 306 g/mol. The highest BCUT2D eigenvalue weighted by Crippen LogP contribution is 2.34. The zero-order valence-corrected chi connectivity index (χ0v) is 11.7. The molecule has 2 aromatic rings. The van der Waals surface area contributed by atoms with E-state index in [-0.39, 0.29) is 0 Å². The molecule has 18 heavy (non-hydrogen) atoms. The summed E-state index contributed by atoms with van der Waals surface area (Å²) in [6.45, 7) is 1.10. The van der Waals surface area contributed by atoms with Crippen molar-refractivity contribution in [1.29, 1.82) is 0 Å². The van der Waals surface area contributed by atoms with Crippen LogP contribution in [0.3, 0.4) is 0 Å². The first-order valence-electron chi connectivity index (χ1n) is 6.38. The van der Waals surface area contributed by atoms with Crippen LogP contribution >= 0.6 is 15.9 Å². The van der Waals surface area contributed by atoms with Crippen molar-refractivity contribution >= 4 is 15.9 Å². The normalized spacial score (nSPS) is 19.9. The molecule has 2 heterocycles. The van der Waals surface area contributed by atoms with Gasteiger partial charge >= 0.3 is 0 Å². The number of hydrogen-bond donors (Lipinski definition) is 2. The minimum absolute atomic E-state index is 0.406. The number of aromatic amines is 1. The van der Waals surface area contributed by atoms with Crippen molar-refractivity contribution in [3.8, 4) is 11.1 Å². The maximum absolute atomic E-state index is 4.23. The number of hydrogen-bond acceptors (Lipinski definition) is 2. The number of H-pyrrole nitrogens is 1. The third kappa shape index (κ3) is 2.22. The molecule has 1 fully saturated rings. The molecule has 2 N–H and O–H groups in total. The van der Waals surface area contributed by atoms with Crippen LogP contribution in [0.1, 0.15) is 31.0 Å². The van der Waals surface area contributed by atoms with Gasteiger partial charge in [-0.25, -0.2) is 0 Å². The molecule has 1 atom stereocenters. The fraction of sp³-hybridized carbons (Fsp3) is 0.357. The van der Waals surface area contributed by atoms with Gasteiger partial charge in [0.15, 0.2) is 0 Å². The summed E-state index contributed by atoms with van der Waals surface area (Å²) in [4.78, 5) is 0. The highest BCUT2D eigenvalue weighted by atomic mass is 79.9. The van der Waals surface area contributed by atoms with Gasteiger partial charge in [-0.05, 0) is 31.0 Å². The Morgan fingerprint density at radius 2 is 2.06 bits per heavy atom. The number of nitrogens with zero attached hydrogens (tertiary/aromatic N) is 1. The van der Waals surface area contributed by atoms with Crippen LogP contribution < -0.4 is 5.32 Å². The predicted molar refractivity (Wildman–Crippen MR) is 76.3 cm³/mol. The van der Waals surface area contributed by atoms with Crippen LogP contribution in [0.15, 0.2) is 34.9 Å². The highest BCUT2D eigenvalue weighted by molar-refractivity contribution is 9.10. The third-order valence-corrected chi connectivity index (χ3v) is 4.18. The summed E-state index contributed by atoms with van der Waals surface area (Å²) in [5.41, 5.74) is 3.61. The van der Waals surface area contributed by atoms with Gasteiger partial charge in [-0.15, -0.1) is 0 Å². The molecule has 0 spiro atoms. The van der Waals surface area contributed by atoms with Gasteiger partial charge in [0.2, 0.25) is 0 Å². The van der Waals surface area contributed by atoms with Gasteiger partial charge in [0.05, 0.1) is 11.9 Å². The molecule has 1 aromatic heterocycles. The van der Waals surface area contributed by atoms with E-state index in [1.165, 1.54) is 36.1 Å². The molecule has 94 valence electrons. The average Bonchev–Trinajstić information content (AvgIpc) is 2.89. The third-order valence-electron chi connectivity index (χ3n) is 3.49. The Balaban J connectivity index is 1.98. The number of benzene rings is 1. The van der Waals surface area contributed by atoms with Crippen LogP contribution in [0.4, 0.5) is 0 Å². The van der Waals surface area contributed by atoms with E-state index in [1.807, 2.05) is 12.3 Å². The van der Waals surface area contributed by atoms with E-state index in [0.29, 0.717) is 6.04 Å². The largest absolute Gasteiger partial charge is 0.309 e. The minimum Gasteiger partial charge on any atom is -0.309 e. The lowest BCUT2D eigenvalue weighted by Crippen LogP contribution is -2.27. The topological polar surface area (TPSA) is 40.7 Å². The quantitative estimate of drug-likeness (QED) is 0.889. The van der Waals surface area contributed by atoms with Crippen LogP contribution in [0.25, 0.3) is 11.1 Å². The first kappa shape index (κ1) is 11.9. The van der Waals surface area contributed by atoms with Crippen LogP contribution in [-0.4, -0.2) is 16.7 Å². The van der Waals surface area contributed by atoms with Gasteiger partial charge in [0.25, 0.3) is 0 Å². The molecule has 0 aliphatic carbocycles. The van der Waals surface area contributed by atoms with Gasteiger partial charge in [-0.2, -0.15) is 5.10 Å².